The first-order valence-corrected chi connectivity index (χ1v) is 10.7. The number of carboxylic acid groups (broad SMARTS) is 2. The van der Waals surface area contributed by atoms with Gasteiger partial charge in [0.25, 0.3) is 0 Å². The van der Waals surface area contributed by atoms with Gasteiger partial charge in [0.05, 0.1) is 30.3 Å². The Balaban J connectivity index is 2.35. The molecule has 0 amide bonds. The third-order valence-corrected chi connectivity index (χ3v) is 5.75. The normalized spacial score (nSPS) is 16.7. The van der Waals surface area contributed by atoms with Crippen LogP contribution in [0, 0.1) is 5.92 Å². The van der Waals surface area contributed by atoms with Gasteiger partial charge in [-0.25, -0.2) is 0 Å². The minimum absolute atomic E-state index is 0.00416. The van der Waals surface area contributed by atoms with Crippen LogP contribution >= 0.6 is 0 Å². The second-order valence-corrected chi connectivity index (χ2v) is 8.25. The summed E-state index contributed by atoms with van der Waals surface area (Å²) in [7, 11) is 0. The number of aromatic hydroxyl groups is 2. The van der Waals surface area contributed by atoms with E-state index in [9.17, 15) is 45.3 Å². The van der Waals surface area contributed by atoms with E-state index in [0.29, 0.717) is 5.56 Å². The lowest BCUT2D eigenvalue weighted by molar-refractivity contribution is -0.155. The maximum atomic E-state index is 12.2. The maximum Gasteiger partial charge on any atom is 0.309 e. The van der Waals surface area contributed by atoms with Crippen molar-refractivity contribution in [3.8, 4) is 11.5 Å². The van der Waals surface area contributed by atoms with Gasteiger partial charge in [-0.15, -0.1) is 0 Å². The van der Waals surface area contributed by atoms with Gasteiger partial charge >= 0.3 is 11.9 Å². The van der Waals surface area contributed by atoms with Gasteiger partial charge in [-0.3, -0.25) is 9.59 Å². The second kappa shape index (κ2) is 12.3. The number of phenolic OH excluding ortho intramolecular Hbond substituents is 2. The molecule has 0 fully saturated rings. The van der Waals surface area contributed by atoms with Crippen molar-refractivity contribution in [1.29, 1.82) is 0 Å². The number of phenols is 2. The van der Waals surface area contributed by atoms with Crippen molar-refractivity contribution in [3.63, 3.8) is 0 Å². The number of hydrogen-bond donors (Lipinski definition) is 8. The van der Waals surface area contributed by atoms with Crippen molar-refractivity contribution in [2.75, 3.05) is 0 Å². The summed E-state index contributed by atoms with van der Waals surface area (Å²) in [5, 5.41) is 80.5. The molecule has 0 aliphatic heterocycles. The Labute approximate surface area is 196 Å². The van der Waals surface area contributed by atoms with Gasteiger partial charge < -0.3 is 40.9 Å². The average Bonchev–Trinajstić information content (AvgIpc) is 2.78. The first-order valence-electron chi connectivity index (χ1n) is 10.7. The van der Waals surface area contributed by atoms with E-state index in [0.717, 1.165) is 0 Å². The SMILES string of the molecule is O=C(O)CCCC(O)C(O)C(C(=O)O)C(c1ccc(O)cc1)C(O)C(O)Cc1ccc(O)cc1. The van der Waals surface area contributed by atoms with Crippen LogP contribution in [0.2, 0.25) is 0 Å². The average molecular weight is 478 g/mol. The van der Waals surface area contributed by atoms with Crippen molar-refractivity contribution in [2.45, 2.75) is 56.0 Å². The van der Waals surface area contributed by atoms with E-state index in [-0.39, 0.29) is 42.7 Å². The fourth-order valence-corrected chi connectivity index (χ4v) is 3.93. The van der Waals surface area contributed by atoms with Crippen molar-refractivity contribution in [1.82, 2.24) is 0 Å². The van der Waals surface area contributed by atoms with Gasteiger partial charge in [-0.2, -0.15) is 0 Å². The third kappa shape index (κ3) is 7.42. The summed E-state index contributed by atoms with van der Waals surface area (Å²) < 4.78 is 0. The van der Waals surface area contributed by atoms with E-state index in [1.807, 2.05) is 0 Å². The first kappa shape index (κ1) is 27.1. The monoisotopic (exact) mass is 478 g/mol. The third-order valence-electron chi connectivity index (χ3n) is 5.75. The largest absolute Gasteiger partial charge is 0.508 e. The van der Waals surface area contributed by atoms with Gasteiger partial charge in [-0.05, 0) is 48.2 Å². The van der Waals surface area contributed by atoms with Crippen molar-refractivity contribution >= 4 is 11.9 Å². The molecule has 0 aliphatic carbocycles. The summed E-state index contributed by atoms with van der Waals surface area (Å²) in [5.41, 5.74) is 0.745. The highest BCUT2D eigenvalue weighted by atomic mass is 16.4. The smallest absolute Gasteiger partial charge is 0.309 e. The van der Waals surface area contributed by atoms with Gasteiger partial charge in [0.2, 0.25) is 0 Å². The van der Waals surface area contributed by atoms with E-state index in [1.165, 1.54) is 48.5 Å². The Morgan fingerprint density at radius 3 is 1.76 bits per heavy atom. The van der Waals surface area contributed by atoms with Crippen LogP contribution in [-0.2, 0) is 16.0 Å². The predicted octanol–water partition coefficient (Wildman–Crippen LogP) is 0.823. The molecule has 10 nitrogen and oxygen atoms in total. The van der Waals surface area contributed by atoms with Gasteiger partial charge in [0.15, 0.2) is 0 Å². The Morgan fingerprint density at radius 2 is 1.26 bits per heavy atom. The molecular formula is C24H30O10. The van der Waals surface area contributed by atoms with Crippen LogP contribution in [0.15, 0.2) is 48.5 Å². The number of carboxylic acids is 2. The molecule has 0 saturated heterocycles. The Kier molecular flexibility index (Phi) is 9.82. The molecule has 0 aliphatic rings. The molecule has 186 valence electrons. The molecule has 8 N–H and O–H groups in total. The molecule has 0 spiro atoms. The van der Waals surface area contributed by atoms with Gasteiger partial charge in [-0.1, -0.05) is 24.3 Å². The molecule has 34 heavy (non-hydrogen) atoms. The molecule has 2 rings (SSSR count). The summed E-state index contributed by atoms with van der Waals surface area (Å²) in [5.74, 6) is -5.93. The summed E-state index contributed by atoms with van der Waals surface area (Å²) in [6, 6.07) is 11.0. The summed E-state index contributed by atoms with van der Waals surface area (Å²) in [4.78, 5) is 22.9. The molecule has 0 aromatic heterocycles. The van der Waals surface area contributed by atoms with E-state index in [1.54, 1.807) is 0 Å². The number of aliphatic hydroxyl groups is 4. The summed E-state index contributed by atoms with van der Waals surface area (Å²) >= 11 is 0. The molecule has 10 heteroatoms. The number of rotatable bonds is 13. The quantitative estimate of drug-likeness (QED) is 0.204. The fraction of sp³-hybridized carbons (Fsp3) is 0.417. The Morgan fingerprint density at radius 1 is 0.735 bits per heavy atom. The topological polar surface area (TPSA) is 196 Å². The van der Waals surface area contributed by atoms with Crippen molar-refractivity contribution in [2.24, 2.45) is 5.92 Å². The summed E-state index contributed by atoms with van der Waals surface area (Å²) in [6.07, 6.45) is -7.25. The van der Waals surface area contributed by atoms with E-state index < -0.39 is 48.2 Å². The minimum Gasteiger partial charge on any atom is -0.508 e. The molecule has 2 aromatic carbocycles. The van der Waals surface area contributed by atoms with E-state index >= 15 is 0 Å². The second-order valence-electron chi connectivity index (χ2n) is 8.25. The van der Waals surface area contributed by atoms with Crippen molar-refractivity contribution in [3.05, 3.63) is 59.7 Å². The highest BCUT2D eigenvalue weighted by Gasteiger charge is 2.44. The van der Waals surface area contributed by atoms with E-state index in [4.69, 9.17) is 5.11 Å². The van der Waals surface area contributed by atoms with Crippen LogP contribution in [0.3, 0.4) is 0 Å². The number of carbonyl (C=O) groups is 2. The Bertz CT molecular complexity index is 928. The van der Waals surface area contributed by atoms with Gasteiger partial charge in [0, 0.05) is 18.8 Å². The lowest BCUT2D eigenvalue weighted by Gasteiger charge is -2.35. The number of hydrogen-bond acceptors (Lipinski definition) is 8. The highest BCUT2D eigenvalue weighted by Crippen LogP contribution is 2.35. The van der Waals surface area contributed by atoms with Gasteiger partial charge in [0.1, 0.15) is 11.5 Å². The molecule has 0 radical (unpaired) electrons. The lowest BCUT2D eigenvalue weighted by Crippen LogP contribution is -2.47. The van der Waals surface area contributed by atoms with Crippen LogP contribution in [0.5, 0.6) is 11.5 Å². The molecule has 0 saturated carbocycles. The fourth-order valence-electron chi connectivity index (χ4n) is 3.93. The minimum atomic E-state index is -1.89. The molecule has 0 heterocycles. The van der Waals surface area contributed by atoms with Crippen molar-refractivity contribution < 1.29 is 50.4 Å². The Hall–Kier alpha value is -3.18. The van der Waals surface area contributed by atoms with Crippen LogP contribution in [0.4, 0.5) is 0 Å². The van der Waals surface area contributed by atoms with Crippen LogP contribution < -0.4 is 0 Å². The van der Waals surface area contributed by atoms with Crippen LogP contribution in [0.1, 0.15) is 36.3 Å². The number of aliphatic carboxylic acids is 2. The molecular weight excluding hydrogens is 448 g/mol. The highest BCUT2D eigenvalue weighted by molar-refractivity contribution is 5.72. The molecule has 6 unspecified atom stereocenters. The predicted molar refractivity (Wildman–Crippen MR) is 119 cm³/mol. The van der Waals surface area contributed by atoms with E-state index in [2.05, 4.69) is 0 Å². The number of aliphatic hydroxyl groups excluding tert-OH is 4. The zero-order valence-corrected chi connectivity index (χ0v) is 18.3. The zero-order valence-electron chi connectivity index (χ0n) is 18.3. The number of benzene rings is 2. The zero-order chi connectivity index (χ0) is 25.4. The molecule has 0 bridgehead atoms. The van der Waals surface area contributed by atoms with Crippen LogP contribution in [0.25, 0.3) is 0 Å². The maximum absolute atomic E-state index is 12.2. The summed E-state index contributed by atoms with van der Waals surface area (Å²) in [6.45, 7) is 0. The van der Waals surface area contributed by atoms with Crippen LogP contribution in [-0.4, -0.2) is 77.2 Å². The first-order chi connectivity index (χ1) is 16.0. The standard InChI is InChI=1S/C24H30O10/c25-15-8-4-13(5-9-15)12-18(28)23(32)20(14-6-10-16(26)11-7-14)21(24(33)34)22(31)17(27)2-1-3-19(29)30/h4-11,17-18,20-23,25-28,31-32H,1-3,12H2,(H,29,30)(H,33,34). The molecule has 6 atom stereocenters. The lowest BCUT2D eigenvalue weighted by atomic mass is 9.75. The molecule has 2 aromatic rings.